The number of aliphatic hydroxyl groups is 1. The van der Waals surface area contributed by atoms with Crippen LogP contribution in [-0.2, 0) is 25.7 Å². The number of rotatable bonds is 8. The molecule has 2 aliphatic carbocycles. The zero-order valence-corrected chi connectivity index (χ0v) is 21.0. The van der Waals surface area contributed by atoms with E-state index in [0.29, 0.717) is 45.1 Å². The highest BCUT2D eigenvalue weighted by molar-refractivity contribution is 7.89. The van der Waals surface area contributed by atoms with Gasteiger partial charge in [-0.3, -0.25) is 4.79 Å². The number of hydrogen-bond acceptors (Lipinski definition) is 5. The maximum Gasteiger partial charge on any atom is 0.416 e. The number of hydrogen-bond donors (Lipinski definition) is 1. The molecule has 11 heteroatoms. The summed E-state index contributed by atoms with van der Waals surface area (Å²) in [4.78, 5) is 14.1. The maximum atomic E-state index is 12.9. The summed E-state index contributed by atoms with van der Waals surface area (Å²) < 4.78 is 71.2. The lowest BCUT2D eigenvalue weighted by atomic mass is 9.92. The standard InChI is InChI=1S/C24H35F3N2O5S/c1-28(18-5-9-20(30)10-6-18)23(31)15-16-34-21-11-7-19(8-12-21)29(2)35(32,33)22-13-3-17(4-14-22)24(25,26)27/h3-4,13-14,18-21,30H,5-12,15-16H2,1-2H3. The fraction of sp³-hybridized carbons (Fsp3) is 0.708. The Kier molecular flexibility index (Phi) is 9.22. The van der Waals surface area contributed by atoms with Crippen LogP contribution >= 0.6 is 0 Å². The number of ether oxygens (including phenoxy) is 1. The quantitative estimate of drug-likeness (QED) is 0.564. The molecule has 7 nitrogen and oxygen atoms in total. The number of amides is 1. The van der Waals surface area contributed by atoms with Crippen LogP contribution in [0.2, 0.25) is 0 Å². The summed E-state index contributed by atoms with van der Waals surface area (Å²) in [7, 11) is -0.661. The van der Waals surface area contributed by atoms with Crippen LogP contribution in [0.4, 0.5) is 13.2 Å². The van der Waals surface area contributed by atoms with Crippen molar-refractivity contribution in [3.63, 3.8) is 0 Å². The topological polar surface area (TPSA) is 87.2 Å². The molecule has 0 bridgehead atoms. The molecule has 35 heavy (non-hydrogen) atoms. The van der Waals surface area contributed by atoms with Crippen molar-refractivity contribution in [2.24, 2.45) is 0 Å². The van der Waals surface area contributed by atoms with E-state index in [0.717, 1.165) is 37.1 Å². The summed E-state index contributed by atoms with van der Waals surface area (Å²) in [5.41, 5.74) is -0.890. The number of alkyl halides is 3. The van der Waals surface area contributed by atoms with E-state index in [9.17, 15) is 31.5 Å². The van der Waals surface area contributed by atoms with Crippen LogP contribution in [0.15, 0.2) is 29.2 Å². The second kappa shape index (κ2) is 11.6. The van der Waals surface area contributed by atoms with Crippen molar-refractivity contribution in [3.8, 4) is 0 Å². The molecule has 2 aliphatic rings. The lowest BCUT2D eigenvalue weighted by molar-refractivity contribution is -0.137. The number of benzene rings is 1. The van der Waals surface area contributed by atoms with Gasteiger partial charge in [0, 0.05) is 26.2 Å². The molecule has 1 amide bonds. The molecule has 1 aromatic rings. The Labute approximate surface area is 205 Å². The molecule has 198 valence electrons. The highest BCUT2D eigenvalue weighted by Crippen LogP contribution is 2.32. The Morgan fingerprint density at radius 3 is 2.06 bits per heavy atom. The first kappa shape index (κ1) is 27.9. The zero-order valence-electron chi connectivity index (χ0n) is 20.2. The fourth-order valence-electron chi connectivity index (χ4n) is 4.89. The van der Waals surface area contributed by atoms with Gasteiger partial charge in [0.25, 0.3) is 0 Å². The summed E-state index contributed by atoms with van der Waals surface area (Å²) in [6.07, 6.45) is 0.880. The molecule has 0 aliphatic heterocycles. The first-order valence-electron chi connectivity index (χ1n) is 12.1. The number of aliphatic hydroxyl groups excluding tert-OH is 1. The van der Waals surface area contributed by atoms with Gasteiger partial charge in [0.1, 0.15) is 0 Å². The molecule has 0 spiro atoms. The minimum atomic E-state index is -4.52. The van der Waals surface area contributed by atoms with E-state index < -0.39 is 21.8 Å². The Balaban J connectivity index is 1.43. The number of halogens is 3. The third-order valence-electron chi connectivity index (χ3n) is 7.29. The molecule has 3 rings (SSSR count). The zero-order chi connectivity index (χ0) is 25.8. The molecule has 0 aromatic heterocycles. The molecule has 2 saturated carbocycles. The van der Waals surface area contributed by atoms with E-state index in [4.69, 9.17) is 4.74 Å². The van der Waals surface area contributed by atoms with E-state index >= 15 is 0 Å². The molecular weight excluding hydrogens is 485 g/mol. The second-order valence-corrected chi connectivity index (χ2v) is 11.6. The van der Waals surface area contributed by atoms with Gasteiger partial charge < -0.3 is 14.7 Å². The third-order valence-corrected chi connectivity index (χ3v) is 9.22. The van der Waals surface area contributed by atoms with E-state index in [2.05, 4.69) is 0 Å². The normalized spacial score (nSPS) is 26.0. The highest BCUT2D eigenvalue weighted by atomic mass is 32.2. The molecule has 2 fully saturated rings. The fourth-order valence-corrected chi connectivity index (χ4v) is 6.31. The van der Waals surface area contributed by atoms with E-state index in [1.807, 2.05) is 0 Å². The van der Waals surface area contributed by atoms with Gasteiger partial charge in [0.15, 0.2) is 0 Å². The van der Waals surface area contributed by atoms with Crippen molar-refractivity contribution < 1.29 is 36.2 Å². The number of carbonyl (C=O) groups excluding carboxylic acids is 1. The molecule has 0 radical (unpaired) electrons. The first-order chi connectivity index (χ1) is 16.4. The van der Waals surface area contributed by atoms with Crippen molar-refractivity contribution in [2.75, 3.05) is 20.7 Å². The Morgan fingerprint density at radius 1 is 0.971 bits per heavy atom. The van der Waals surface area contributed by atoms with E-state index in [1.165, 1.54) is 11.4 Å². The van der Waals surface area contributed by atoms with Gasteiger partial charge in [-0.25, -0.2) is 8.42 Å². The number of sulfonamides is 1. The molecule has 0 unspecified atom stereocenters. The minimum absolute atomic E-state index is 0.0162. The SMILES string of the molecule is CN(C(=O)CCOC1CCC(N(C)S(=O)(=O)c2ccc(C(F)(F)F)cc2)CC1)C1CCC(O)CC1. The van der Waals surface area contributed by atoms with Crippen LogP contribution in [0.25, 0.3) is 0 Å². The summed E-state index contributed by atoms with van der Waals surface area (Å²) in [5.74, 6) is 0.0162. The van der Waals surface area contributed by atoms with E-state index in [-0.39, 0.29) is 41.5 Å². The van der Waals surface area contributed by atoms with Crippen molar-refractivity contribution in [3.05, 3.63) is 29.8 Å². The molecule has 0 saturated heterocycles. The van der Waals surface area contributed by atoms with Gasteiger partial charge in [-0.2, -0.15) is 17.5 Å². The summed E-state index contributed by atoms with van der Waals surface area (Å²) in [6.45, 7) is 0.299. The largest absolute Gasteiger partial charge is 0.416 e. The van der Waals surface area contributed by atoms with Gasteiger partial charge in [0.05, 0.1) is 35.7 Å². The summed E-state index contributed by atoms with van der Waals surface area (Å²) in [6, 6.07) is 3.43. The minimum Gasteiger partial charge on any atom is -0.393 e. The number of carbonyl (C=O) groups is 1. The van der Waals surface area contributed by atoms with Crippen molar-refractivity contribution in [1.29, 1.82) is 0 Å². The predicted molar refractivity (Wildman–Crippen MR) is 124 cm³/mol. The van der Waals surface area contributed by atoms with Crippen molar-refractivity contribution in [1.82, 2.24) is 9.21 Å². The van der Waals surface area contributed by atoms with Crippen LogP contribution in [0.3, 0.4) is 0 Å². The second-order valence-electron chi connectivity index (χ2n) is 9.56. The van der Waals surface area contributed by atoms with Gasteiger partial charge in [0.2, 0.25) is 15.9 Å². The number of nitrogens with zero attached hydrogens (tertiary/aromatic N) is 2. The Morgan fingerprint density at radius 2 is 1.51 bits per heavy atom. The molecule has 0 heterocycles. The Bertz CT molecular complexity index is 939. The van der Waals surface area contributed by atoms with Crippen molar-refractivity contribution in [2.45, 2.75) is 93.2 Å². The summed E-state index contributed by atoms with van der Waals surface area (Å²) in [5, 5.41) is 9.63. The van der Waals surface area contributed by atoms with E-state index in [1.54, 1.807) is 11.9 Å². The molecule has 1 aromatic carbocycles. The highest BCUT2D eigenvalue weighted by Gasteiger charge is 2.34. The molecular formula is C24H35F3N2O5S. The monoisotopic (exact) mass is 520 g/mol. The lowest BCUT2D eigenvalue weighted by Crippen LogP contribution is -2.41. The van der Waals surface area contributed by atoms with Crippen molar-refractivity contribution >= 4 is 15.9 Å². The van der Waals surface area contributed by atoms with Gasteiger partial charge in [-0.15, -0.1) is 0 Å². The average Bonchev–Trinajstić information content (AvgIpc) is 2.83. The van der Waals surface area contributed by atoms with Crippen LogP contribution in [-0.4, -0.2) is 73.6 Å². The van der Waals surface area contributed by atoms with Crippen LogP contribution in [0.5, 0.6) is 0 Å². The van der Waals surface area contributed by atoms with Gasteiger partial charge in [-0.05, 0) is 75.6 Å². The summed E-state index contributed by atoms with van der Waals surface area (Å²) >= 11 is 0. The van der Waals surface area contributed by atoms with Crippen LogP contribution in [0.1, 0.15) is 63.4 Å². The first-order valence-corrected chi connectivity index (χ1v) is 13.5. The van der Waals surface area contributed by atoms with Gasteiger partial charge in [-0.1, -0.05) is 0 Å². The maximum absolute atomic E-state index is 12.9. The average molecular weight is 521 g/mol. The van der Waals surface area contributed by atoms with Crippen LogP contribution < -0.4 is 0 Å². The lowest BCUT2D eigenvalue weighted by Gasteiger charge is -2.34. The van der Waals surface area contributed by atoms with Gasteiger partial charge >= 0.3 is 6.18 Å². The smallest absolute Gasteiger partial charge is 0.393 e. The molecule has 0 atom stereocenters. The predicted octanol–water partition coefficient (Wildman–Crippen LogP) is 3.81. The van der Waals surface area contributed by atoms with Crippen LogP contribution in [0, 0.1) is 0 Å². The molecule has 1 N–H and O–H groups in total. The third kappa shape index (κ3) is 7.18. The Hall–Kier alpha value is -1.69.